The topological polar surface area (TPSA) is 29.1 Å². The Hall–Kier alpha value is -0.206. The first kappa shape index (κ1) is 6.91. The van der Waals surface area contributed by atoms with Crippen LogP contribution in [-0.4, -0.2) is 11.9 Å². The Morgan fingerprint density at radius 2 is 2.33 bits per heavy atom. The van der Waals surface area contributed by atoms with E-state index in [1.807, 2.05) is 6.08 Å². The quantitative estimate of drug-likeness (QED) is 0.499. The maximum Gasteiger partial charge on any atom is 0.227 e. The van der Waals surface area contributed by atoms with Gasteiger partial charge in [-0.3, -0.25) is 4.79 Å². The van der Waals surface area contributed by atoms with Crippen LogP contribution in [-0.2, 0) is 23.4 Å². The third kappa shape index (κ3) is 0.928. The first-order valence-electron chi connectivity index (χ1n) is 2.85. The molecule has 1 heterocycles. The molecule has 1 fully saturated rings. The van der Waals surface area contributed by atoms with Gasteiger partial charge in [0.1, 0.15) is 0 Å². The van der Waals surface area contributed by atoms with Crippen LogP contribution in [0.2, 0.25) is 0 Å². The fourth-order valence-electron chi connectivity index (χ4n) is 1.29. The average Bonchev–Trinajstić information content (AvgIpc) is 2.23. The second kappa shape index (κ2) is 2.20. The van der Waals surface area contributed by atoms with Crippen molar-refractivity contribution in [3.05, 3.63) is 12.2 Å². The molecule has 1 amide bonds. The van der Waals surface area contributed by atoms with Crippen molar-refractivity contribution >= 4 is 5.91 Å². The average molecular weight is 160 g/mol. The summed E-state index contributed by atoms with van der Waals surface area (Å²) in [7, 11) is 0. The maximum absolute atomic E-state index is 10.7. The summed E-state index contributed by atoms with van der Waals surface area (Å²) in [4.78, 5) is 10.7. The summed E-state index contributed by atoms with van der Waals surface area (Å²) < 4.78 is 0. The van der Waals surface area contributed by atoms with E-state index in [1.165, 1.54) is 0 Å². The molecule has 1 radical (unpaired) electrons. The molecular weight excluding hydrogens is 153 g/mol. The molecule has 2 aliphatic rings. The van der Waals surface area contributed by atoms with E-state index in [9.17, 15) is 4.79 Å². The van der Waals surface area contributed by atoms with Gasteiger partial charge in [-0.2, -0.15) is 0 Å². The summed E-state index contributed by atoms with van der Waals surface area (Å²) in [6.07, 6.45) is 5.05. The van der Waals surface area contributed by atoms with Crippen molar-refractivity contribution in [2.75, 3.05) is 0 Å². The Bertz CT molecular complexity index is 166. The van der Waals surface area contributed by atoms with Gasteiger partial charge in [-0.15, -0.1) is 0 Å². The van der Waals surface area contributed by atoms with E-state index in [0.29, 0.717) is 6.04 Å². The first-order chi connectivity index (χ1) is 3.86. The number of carbonyl (C=O) groups excluding carboxylic acids is 1. The summed E-state index contributed by atoms with van der Waals surface area (Å²) in [6.45, 7) is 0. The summed E-state index contributed by atoms with van der Waals surface area (Å²) in [6, 6.07) is 0.368. The predicted octanol–water partition coefficient (Wildman–Crippen LogP) is 0.0584. The first-order valence-corrected chi connectivity index (χ1v) is 2.85. The van der Waals surface area contributed by atoms with Crippen molar-refractivity contribution in [2.24, 2.45) is 5.92 Å². The standard InChI is InChI=1S/C6H7NO.V/c8-6-4-1-2-5(3-4)7-6;/h1-2,4-5H,3H2,(H,7,8);. The molecule has 2 nitrogen and oxygen atoms in total. The Labute approximate surface area is 65.6 Å². The zero-order chi connectivity index (χ0) is 5.56. The Morgan fingerprint density at radius 1 is 1.56 bits per heavy atom. The molecule has 47 valence electrons. The van der Waals surface area contributed by atoms with Crippen LogP contribution >= 0.6 is 0 Å². The van der Waals surface area contributed by atoms with Crippen molar-refractivity contribution in [1.29, 1.82) is 0 Å². The molecule has 0 aromatic heterocycles. The molecule has 3 heteroatoms. The number of hydrogen-bond acceptors (Lipinski definition) is 1. The third-order valence-corrected chi connectivity index (χ3v) is 1.75. The van der Waals surface area contributed by atoms with E-state index in [1.54, 1.807) is 0 Å². The van der Waals surface area contributed by atoms with Crippen LogP contribution in [0.1, 0.15) is 6.42 Å². The smallest absolute Gasteiger partial charge is 0.227 e. The molecule has 2 unspecified atom stereocenters. The van der Waals surface area contributed by atoms with Gasteiger partial charge in [0.25, 0.3) is 0 Å². The van der Waals surface area contributed by atoms with Gasteiger partial charge < -0.3 is 5.32 Å². The molecule has 2 rings (SSSR count). The van der Waals surface area contributed by atoms with Crippen LogP contribution in [0.15, 0.2) is 12.2 Å². The molecule has 9 heavy (non-hydrogen) atoms. The Balaban J connectivity index is 0.000000405. The molecule has 2 atom stereocenters. The van der Waals surface area contributed by atoms with Gasteiger partial charge in [0.2, 0.25) is 5.91 Å². The van der Waals surface area contributed by atoms with Crippen molar-refractivity contribution in [2.45, 2.75) is 12.5 Å². The summed E-state index contributed by atoms with van der Waals surface area (Å²) >= 11 is 0. The van der Waals surface area contributed by atoms with Crippen LogP contribution < -0.4 is 5.32 Å². The van der Waals surface area contributed by atoms with Crippen molar-refractivity contribution in [3.63, 3.8) is 0 Å². The second-order valence-corrected chi connectivity index (χ2v) is 2.34. The molecule has 1 aliphatic carbocycles. The van der Waals surface area contributed by atoms with E-state index in [0.717, 1.165) is 6.42 Å². The summed E-state index contributed by atoms with van der Waals surface area (Å²) in [5, 5.41) is 2.83. The predicted molar refractivity (Wildman–Crippen MR) is 29.2 cm³/mol. The normalized spacial score (nSPS) is 36.2. The molecule has 0 saturated carbocycles. The molecule has 1 saturated heterocycles. The van der Waals surface area contributed by atoms with E-state index in [2.05, 4.69) is 11.4 Å². The van der Waals surface area contributed by atoms with Gasteiger partial charge in [-0.25, -0.2) is 0 Å². The van der Waals surface area contributed by atoms with Gasteiger partial charge in [-0.1, -0.05) is 12.2 Å². The number of nitrogens with one attached hydrogen (secondary N) is 1. The minimum absolute atomic E-state index is 0. The molecule has 0 aromatic carbocycles. The van der Waals surface area contributed by atoms with Crippen LogP contribution in [0.3, 0.4) is 0 Å². The van der Waals surface area contributed by atoms with Crippen LogP contribution in [0.5, 0.6) is 0 Å². The minimum atomic E-state index is 0. The largest absolute Gasteiger partial charge is 0.349 e. The van der Waals surface area contributed by atoms with E-state index in [-0.39, 0.29) is 30.4 Å². The van der Waals surface area contributed by atoms with E-state index < -0.39 is 0 Å². The van der Waals surface area contributed by atoms with Crippen molar-refractivity contribution < 1.29 is 23.4 Å². The molecule has 1 aliphatic heterocycles. The number of rotatable bonds is 0. The van der Waals surface area contributed by atoms with Crippen LogP contribution in [0.4, 0.5) is 0 Å². The fourth-order valence-corrected chi connectivity index (χ4v) is 1.29. The number of hydrogen-bond donors (Lipinski definition) is 1. The minimum Gasteiger partial charge on any atom is -0.349 e. The Morgan fingerprint density at radius 3 is 2.56 bits per heavy atom. The molecular formula is C6H7NOV. The Kier molecular flexibility index (Phi) is 1.69. The van der Waals surface area contributed by atoms with Crippen molar-refractivity contribution in [1.82, 2.24) is 5.32 Å². The summed E-state index contributed by atoms with van der Waals surface area (Å²) in [5.41, 5.74) is 0. The van der Waals surface area contributed by atoms with E-state index >= 15 is 0 Å². The van der Waals surface area contributed by atoms with Gasteiger partial charge in [0, 0.05) is 24.6 Å². The summed E-state index contributed by atoms with van der Waals surface area (Å²) in [5.74, 6) is 0.414. The molecule has 1 N–H and O–H groups in total. The third-order valence-electron chi connectivity index (χ3n) is 1.75. The van der Waals surface area contributed by atoms with Gasteiger partial charge in [-0.05, 0) is 6.42 Å². The fraction of sp³-hybridized carbons (Fsp3) is 0.500. The van der Waals surface area contributed by atoms with Crippen LogP contribution in [0, 0.1) is 5.92 Å². The van der Waals surface area contributed by atoms with Crippen LogP contribution in [0.25, 0.3) is 0 Å². The molecule has 0 aromatic rings. The second-order valence-electron chi connectivity index (χ2n) is 2.34. The number of fused-ring (bicyclic) bond motifs is 2. The van der Waals surface area contributed by atoms with Crippen molar-refractivity contribution in [3.8, 4) is 0 Å². The monoisotopic (exact) mass is 160 g/mol. The van der Waals surface area contributed by atoms with Gasteiger partial charge in [0.15, 0.2) is 0 Å². The maximum atomic E-state index is 10.7. The molecule has 0 spiro atoms. The zero-order valence-corrected chi connectivity index (χ0v) is 6.27. The number of carbonyl (C=O) groups is 1. The SMILES string of the molecule is O=C1NC2C=CC1C2.[V]. The zero-order valence-electron chi connectivity index (χ0n) is 4.87. The van der Waals surface area contributed by atoms with Gasteiger partial charge >= 0.3 is 0 Å². The van der Waals surface area contributed by atoms with Gasteiger partial charge in [0.05, 0.1) is 5.92 Å². The number of amides is 1. The molecule has 2 bridgehead atoms. The van der Waals surface area contributed by atoms with E-state index in [4.69, 9.17) is 0 Å².